The standard InChI is InChI=1S/C12H22BrNO2/c1-3-9-5-4-6-10(7-9)14-8-11(13)12(15)16-2/h9-11,14H,3-8H2,1-2H3. The van der Waals surface area contributed by atoms with Crippen LogP contribution in [0.4, 0.5) is 0 Å². The van der Waals surface area contributed by atoms with Gasteiger partial charge in [-0.05, 0) is 18.8 Å². The fourth-order valence-corrected chi connectivity index (χ4v) is 2.70. The number of ether oxygens (including phenoxy) is 1. The third-order valence-corrected chi connectivity index (χ3v) is 4.10. The normalized spacial score (nSPS) is 27.4. The van der Waals surface area contributed by atoms with Gasteiger partial charge in [-0.15, -0.1) is 0 Å². The summed E-state index contributed by atoms with van der Waals surface area (Å²) in [6.45, 7) is 2.92. The first-order chi connectivity index (χ1) is 7.67. The number of rotatable bonds is 5. The Bertz CT molecular complexity index is 223. The van der Waals surface area contributed by atoms with E-state index in [-0.39, 0.29) is 10.8 Å². The second kappa shape index (κ2) is 7.28. The molecular formula is C12H22BrNO2. The van der Waals surface area contributed by atoms with E-state index in [2.05, 4.69) is 32.9 Å². The van der Waals surface area contributed by atoms with E-state index in [4.69, 9.17) is 0 Å². The zero-order chi connectivity index (χ0) is 12.0. The molecule has 3 atom stereocenters. The highest BCUT2D eigenvalue weighted by molar-refractivity contribution is 9.10. The van der Waals surface area contributed by atoms with E-state index in [1.165, 1.54) is 39.2 Å². The Hall–Kier alpha value is -0.0900. The largest absolute Gasteiger partial charge is 0.468 e. The third-order valence-electron chi connectivity index (χ3n) is 3.40. The van der Waals surface area contributed by atoms with Crippen molar-refractivity contribution in [3.63, 3.8) is 0 Å². The topological polar surface area (TPSA) is 38.3 Å². The van der Waals surface area contributed by atoms with Gasteiger partial charge in [-0.1, -0.05) is 42.1 Å². The monoisotopic (exact) mass is 291 g/mol. The van der Waals surface area contributed by atoms with Crippen LogP contribution in [0.2, 0.25) is 0 Å². The number of hydrogen-bond acceptors (Lipinski definition) is 3. The molecule has 3 nitrogen and oxygen atoms in total. The third kappa shape index (κ3) is 4.42. The summed E-state index contributed by atoms with van der Waals surface area (Å²) in [6, 6.07) is 0.573. The lowest BCUT2D eigenvalue weighted by Gasteiger charge is -2.29. The molecule has 0 aromatic carbocycles. The zero-order valence-electron chi connectivity index (χ0n) is 10.2. The van der Waals surface area contributed by atoms with E-state index < -0.39 is 0 Å². The van der Waals surface area contributed by atoms with E-state index in [1.54, 1.807) is 0 Å². The summed E-state index contributed by atoms with van der Waals surface area (Å²) in [5, 5.41) is 3.45. The minimum atomic E-state index is -0.223. The van der Waals surface area contributed by atoms with E-state index in [9.17, 15) is 4.79 Å². The molecule has 1 rings (SSSR count). The fraction of sp³-hybridized carbons (Fsp3) is 0.917. The van der Waals surface area contributed by atoms with Crippen LogP contribution in [-0.4, -0.2) is 30.5 Å². The van der Waals surface area contributed by atoms with Gasteiger partial charge in [0.25, 0.3) is 0 Å². The number of nitrogens with one attached hydrogen (secondary N) is 1. The van der Waals surface area contributed by atoms with Crippen molar-refractivity contribution < 1.29 is 9.53 Å². The van der Waals surface area contributed by atoms with Gasteiger partial charge in [0, 0.05) is 12.6 Å². The molecule has 94 valence electrons. The van der Waals surface area contributed by atoms with Crippen LogP contribution in [0.5, 0.6) is 0 Å². The number of methoxy groups -OCH3 is 1. The maximum atomic E-state index is 11.2. The van der Waals surface area contributed by atoms with Crippen molar-refractivity contribution in [1.82, 2.24) is 5.32 Å². The first-order valence-electron chi connectivity index (χ1n) is 6.12. The molecule has 0 aliphatic heterocycles. The van der Waals surface area contributed by atoms with Crippen molar-refractivity contribution in [3.05, 3.63) is 0 Å². The molecule has 3 unspecified atom stereocenters. The van der Waals surface area contributed by atoms with Crippen molar-refractivity contribution in [1.29, 1.82) is 0 Å². The van der Waals surface area contributed by atoms with Crippen LogP contribution in [0.1, 0.15) is 39.0 Å². The summed E-state index contributed by atoms with van der Waals surface area (Å²) in [6.07, 6.45) is 6.42. The van der Waals surface area contributed by atoms with Crippen LogP contribution < -0.4 is 5.32 Å². The average molecular weight is 292 g/mol. The predicted octanol–water partition coefficient (Wildman–Crippen LogP) is 2.48. The molecule has 4 heteroatoms. The molecule has 0 aromatic heterocycles. The molecule has 0 bridgehead atoms. The first-order valence-corrected chi connectivity index (χ1v) is 7.04. The Labute approximate surface area is 106 Å². The molecule has 1 aliphatic rings. The summed E-state index contributed by atoms with van der Waals surface area (Å²) >= 11 is 3.33. The number of carbonyl (C=O) groups is 1. The van der Waals surface area contributed by atoms with Gasteiger partial charge in [0.15, 0.2) is 0 Å². The summed E-state index contributed by atoms with van der Waals surface area (Å²) in [4.78, 5) is 11.0. The van der Waals surface area contributed by atoms with Gasteiger partial charge < -0.3 is 10.1 Å². The molecule has 0 aromatic rings. The summed E-state index contributed by atoms with van der Waals surface area (Å²) in [5.41, 5.74) is 0. The van der Waals surface area contributed by atoms with Crippen LogP contribution in [-0.2, 0) is 9.53 Å². The van der Waals surface area contributed by atoms with Gasteiger partial charge in [0.05, 0.1) is 7.11 Å². The lowest BCUT2D eigenvalue weighted by Crippen LogP contribution is -2.39. The van der Waals surface area contributed by atoms with Gasteiger partial charge in [-0.2, -0.15) is 0 Å². The molecule has 1 saturated carbocycles. The van der Waals surface area contributed by atoms with Crippen molar-refractivity contribution >= 4 is 21.9 Å². The van der Waals surface area contributed by atoms with Crippen LogP contribution in [0.3, 0.4) is 0 Å². The maximum Gasteiger partial charge on any atom is 0.320 e. The highest BCUT2D eigenvalue weighted by Gasteiger charge is 2.22. The number of esters is 1. The molecule has 1 aliphatic carbocycles. The van der Waals surface area contributed by atoms with Crippen molar-refractivity contribution in [2.75, 3.05) is 13.7 Å². The van der Waals surface area contributed by atoms with Crippen molar-refractivity contribution in [2.24, 2.45) is 5.92 Å². The summed E-state index contributed by atoms with van der Waals surface area (Å²) in [5.74, 6) is 0.661. The second-order valence-corrected chi connectivity index (χ2v) is 5.64. The quantitative estimate of drug-likeness (QED) is 0.625. The van der Waals surface area contributed by atoms with Gasteiger partial charge in [-0.25, -0.2) is 0 Å². The van der Waals surface area contributed by atoms with Gasteiger partial charge in [0.1, 0.15) is 4.83 Å². The van der Waals surface area contributed by atoms with E-state index >= 15 is 0 Å². The lowest BCUT2D eigenvalue weighted by molar-refractivity contribution is -0.139. The zero-order valence-corrected chi connectivity index (χ0v) is 11.8. The SMILES string of the molecule is CCC1CCCC(NCC(Br)C(=O)OC)C1. The smallest absolute Gasteiger partial charge is 0.320 e. The minimum absolute atomic E-state index is 0.199. The number of alkyl halides is 1. The van der Waals surface area contributed by atoms with Crippen LogP contribution >= 0.6 is 15.9 Å². The van der Waals surface area contributed by atoms with Gasteiger partial charge >= 0.3 is 5.97 Å². The lowest BCUT2D eigenvalue weighted by atomic mass is 9.84. The number of hydrogen-bond donors (Lipinski definition) is 1. The van der Waals surface area contributed by atoms with Crippen LogP contribution in [0.25, 0.3) is 0 Å². The van der Waals surface area contributed by atoms with Gasteiger partial charge in [0.2, 0.25) is 0 Å². The van der Waals surface area contributed by atoms with Crippen LogP contribution in [0.15, 0.2) is 0 Å². The van der Waals surface area contributed by atoms with E-state index in [0.29, 0.717) is 12.6 Å². The predicted molar refractivity (Wildman–Crippen MR) is 68.8 cm³/mol. The molecule has 0 radical (unpaired) electrons. The Kier molecular flexibility index (Phi) is 6.36. The minimum Gasteiger partial charge on any atom is -0.468 e. The second-order valence-electron chi connectivity index (χ2n) is 4.54. The molecule has 16 heavy (non-hydrogen) atoms. The van der Waals surface area contributed by atoms with Crippen molar-refractivity contribution in [3.8, 4) is 0 Å². The fourth-order valence-electron chi connectivity index (χ4n) is 2.33. The average Bonchev–Trinajstić information content (AvgIpc) is 2.35. The Morgan fingerprint density at radius 2 is 2.31 bits per heavy atom. The molecule has 0 amide bonds. The Morgan fingerprint density at radius 1 is 1.56 bits per heavy atom. The highest BCUT2D eigenvalue weighted by Crippen LogP contribution is 2.26. The first kappa shape index (κ1) is 14.0. The Balaban J connectivity index is 2.24. The molecule has 1 N–H and O–H groups in total. The van der Waals surface area contributed by atoms with E-state index in [1.807, 2.05) is 0 Å². The molecule has 1 fully saturated rings. The number of halogens is 1. The molecular weight excluding hydrogens is 270 g/mol. The van der Waals surface area contributed by atoms with Crippen molar-refractivity contribution in [2.45, 2.75) is 49.9 Å². The van der Waals surface area contributed by atoms with Gasteiger partial charge in [-0.3, -0.25) is 4.79 Å². The van der Waals surface area contributed by atoms with Crippen LogP contribution in [0, 0.1) is 5.92 Å². The summed E-state index contributed by atoms with van der Waals surface area (Å²) in [7, 11) is 1.42. The highest BCUT2D eigenvalue weighted by atomic mass is 79.9. The molecule has 0 saturated heterocycles. The molecule has 0 spiro atoms. The maximum absolute atomic E-state index is 11.2. The van der Waals surface area contributed by atoms with E-state index in [0.717, 1.165) is 5.92 Å². The molecule has 0 heterocycles. The summed E-state index contributed by atoms with van der Waals surface area (Å²) < 4.78 is 4.67. The number of carbonyl (C=O) groups excluding carboxylic acids is 1. The Morgan fingerprint density at radius 3 is 2.94 bits per heavy atom.